The molecule has 0 spiro atoms. The SMILES string of the molecule is O=C(NC[C@H]1CCN(c2ccc(F)cc2)C1)Nc1cnns1. The second-order valence-corrected chi connectivity index (χ2v) is 5.98. The lowest BCUT2D eigenvalue weighted by molar-refractivity contribution is 0.250. The van der Waals surface area contributed by atoms with Gasteiger partial charge in [-0.05, 0) is 36.6 Å². The fourth-order valence-electron chi connectivity index (χ4n) is 2.50. The van der Waals surface area contributed by atoms with Gasteiger partial charge in [0.1, 0.15) is 10.8 Å². The molecule has 2 amide bonds. The lowest BCUT2D eigenvalue weighted by atomic mass is 10.1. The highest BCUT2D eigenvalue weighted by Crippen LogP contribution is 2.23. The highest BCUT2D eigenvalue weighted by molar-refractivity contribution is 7.10. The van der Waals surface area contributed by atoms with Crippen LogP contribution in [0, 0.1) is 11.7 Å². The van der Waals surface area contributed by atoms with E-state index in [0.717, 1.165) is 36.7 Å². The van der Waals surface area contributed by atoms with Crippen LogP contribution >= 0.6 is 11.5 Å². The molecular formula is C14H16FN5OS. The predicted octanol–water partition coefficient (Wildman–Crippen LogP) is 2.33. The number of hydrogen-bond donors (Lipinski definition) is 2. The van der Waals surface area contributed by atoms with Crippen LogP contribution in [0.25, 0.3) is 0 Å². The molecule has 1 aliphatic rings. The van der Waals surface area contributed by atoms with Crippen LogP contribution in [0.4, 0.5) is 19.9 Å². The summed E-state index contributed by atoms with van der Waals surface area (Å²) in [5.74, 6) is 0.158. The zero-order chi connectivity index (χ0) is 15.4. The maximum atomic E-state index is 12.9. The molecule has 0 radical (unpaired) electrons. The molecule has 1 aromatic carbocycles. The van der Waals surface area contributed by atoms with Crippen LogP contribution < -0.4 is 15.5 Å². The number of benzene rings is 1. The van der Waals surface area contributed by atoms with E-state index >= 15 is 0 Å². The molecule has 1 saturated heterocycles. The highest BCUT2D eigenvalue weighted by atomic mass is 32.1. The summed E-state index contributed by atoms with van der Waals surface area (Å²) in [5, 5.41) is 9.82. The number of anilines is 2. The predicted molar refractivity (Wildman–Crippen MR) is 83.7 cm³/mol. The average molecular weight is 321 g/mol. The number of nitrogens with zero attached hydrogens (tertiary/aromatic N) is 3. The maximum Gasteiger partial charge on any atom is 0.319 e. The highest BCUT2D eigenvalue weighted by Gasteiger charge is 2.23. The summed E-state index contributed by atoms with van der Waals surface area (Å²) in [6.07, 6.45) is 2.51. The molecule has 0 bridgehead atoms. The van der Waals surface area contributed by atoms with Crippen molar-refractivity contribution in [2.24, 2.45) is 5.92 Å². The zero-order valence-corrected chi connectivity index (χ0v) is 12.6. The largest absolute Gasteiger partial charge is 0.371 e. The van der Waals surface area contributed by atoms with Crippen molar-refractivity contribution < 1.29 is 9.18 Å². The number of halogens is 1. The standard InChI is InChI=1S/C14H16FN5OS/c15-11-1-3-12(4-2-11)20-6-5-10(9-20)7-16-14(21)18-13-8-17-19-22-13/h1-4,8,10H,5-7,9H2,(H2,16,18,21)/t10-/m1/s1. The van der Waals surface area contributed by atoms with Crippen molar-refractivity contribution in [3.8, 4) is 0 Å². The van der Waals surface area contributed by atoms with Gasteiger partial charge in [-0.1, -0.05) is 4.49 Å². The fourth-order valence-corrected chi connectivity index (χ4v) is 2.92. The van der Waals surface area contributed by atoms with Gasteiger partial charge in [0.2, 0.25) is 0 Å². The molecule has 1 aromatic heterocycles. The fraction of sp³-hybridized carbons (Fsp3) is 0.357. The number of amides is 2. The molecule has 6 nitrogen and oxygen atoms in total. The molecule has 22 heavy (non-hydrogen) atoms. The van der Waals surface area contributed by atoms with Crippen molar-refractivity contribution in [1.82, 2.24) is 14.9 Å². The zero-order valence-electron chi connectivity index (χ0n) is 11.8. The van der Waals surface area contributed by atoms with Crippen LogP contribution in [0.15, 0.2) is 30.5 Å². The lowest BCUT2D eigenvalue weighted by Crippen LogP contribution is -2.34. The average Bonchev–Trinajstić information content (AvgIpc) is 3.17. The van der Waals surface area contributed by atoms with Crippen LogP contribution in [0.5, 0.6) is 0 Å². The van der Waals surface area contributed by atoms with Crippen molar-refractivity contribution in [3.05, 3.63) is 36.3 Å². The van der Waals surface area contributed by atoms with E-state index in [2.05, 4.69) is 25.1 Å². The molecule has 3 rings (SSSR count). The summed E-state index contributed by atoms with van der Waals surface area (Å²) in [6.45, 7) is 2.38. The topological polar surface area (TPSA) is 70.2 Å². The Labute approximate surface area is 131 Å². The third kappa shape index (κ3) is 3.70. The number of carbonyl (C=O) groups is 1. The molecule has 0 unspecified atom stereocenters. The van der Waals surface area contributed by atoms with E-state index < -0.39 is 0 Å². The molecule has 2 aromatic rings. The van der Waals surface area contributed by atoms with Gasteiger partial charge in [0.15, 0.2) is 0 Å². The van der Waals surface area contributed by atoms with Gasteiger partial charge in [0.25, 0.3) is 0 Å². The summed E-state index contributed by atoms with van der Waals surface area (Å²) in [7, 11) is 0. The molecule has 8 heteroatoms. The number of nitrogens with one attached hydrogen (secondary N) is 2. The van der Waals surface area contributed by atoms with Gasteiger partial charge in [-0.2, -0.15) is 0 Å². The summed E-state index contributed by atoms with van der Waals surface area (Å²) in [6, 6.07) is 6.27. The third-order valence-electron chi connectivity index (χ3n) is 3.63. The van der Waals surface area contributed by atoms with E-state index in [0.29, 0.717) is 17.5 Å². The smallest absolute Gasteiger partial charge is 0.319 e. The van der Waals surface area contributed by atoms with Crippen molar-refractivity contribution in [2.45, 2.75) is 6.42 Å². The monoisotopic (exact) mass is 321 g/mol. The normalized spacial score (nSPS) is 17.5. The quantitative estimate of drug-likeness (QED) is 0.907. The molecule has 1 aliphatic heterocycles. The number of carbonyl (C=O) groups excluding carboxylic acids is 1. The van der Waals surface area contributed by atoms with Crippen molar-refractivity contribution in [2.75, 3.05) is 29.9 Å². The first kappa shape index (κ1) is 14.7. The molecule has 1 fully saturated rings. The first-order chi connectivity index (χ1) is 10.7. The minimum absolute atomic E-state index is 0.226. The molecule has 1 atom stereocenters. The van der Waals surface area contributed by atoms with Gasteiger partial charge in [0, 0.05) is 36.9 Å². The number of aromatic nitrogens is 2. The first-order valence-electron chi connectivity index (χ1n) is 7.03. The van der Waals surface area contributed by atoms with Crippen LogP contribution in [0.2, 0.25) is 0 Å². The van der Waals surface area contributed by atoms with E-state index in [1.165, 1.54) is 18.3 Å². The van der Waals surface area contributed by atoms with Gasteiger partial charge < -0.3 is 10.2 Å². The second-order valence-electron chi connectivity index (χ2n) is 5.19. The van der Waals surface area contributed by atoms with Gasteiger partial charge in [0.05, 0.1) is 6.20 Å². The molecule has 2 heterocycles. The summed E-state index contributed by atoms with van der Waals surface area (Å²) >= 11 is 1.14. The van der Waals surface area contributed by atoms with Gasteiger partial charge in [-0.25, -0.2) is 9.18 Å². The van der Waals surface area contributed by atoms with Gasteiger partial charge in [-0.15, -0.1) is 5.10 Å². The summed E-state index contributed by atoms with van der Waals surface area (Å²) in [5.41, 5.74) is 1.02. The Morgan fingerprint density at radius 2 is 2.23 bits per heavy atom. The number of urea groups is 1. The Morgan fingerprint density at radius 1 is 1.41 bits per heavy atom. The van der Waals surface area contributed by atoms with E-state index in [4.69, 9.17) is 0 Å². The Balaban J connectivity index is 1.45. The lowest BCUT2D eigenvalue weighted by Gasteiger charge is -2.18. The van der Waals surface area contributed by atoms with E-state index in [9.17, 15) is 9.18 Å². The van der Waals surface area contributed by atoms with E-state index in [1.54, 1.807) is 12.1 Å². The second kappa shape index (κ2) is 6.69. The van der Waals surface area contributed by atoms with Crippen LogP contribution in [-0.2, 0) is 0 Å². The third-order valence-corrected chi connectivity index (χ3v) is 4.21. The Hall–Kier alpha value is -2.22. The van der Waals surface area contributed by atoms with Crippen molar-refractivity contribution in [3.63, 3.8) is 0 Å². The minimum Gasteiger partial charge on any atom is -0.371 e. The Bertz CT molecular complexity index is 619. The van der Waals surface area contributed by atoms with E-state index in [-0.39, 0.29) is 11.8 Å². The first-order valence-corrected chi connectivity index (χ1v) is 7.81. The maximum absolute atomic E-state index is 12.9. The van der Waals surface area contributed by atoms with E-state index in [1.807, 2.05) is 0 Å². The summed E-state index contributed by atoms with van der Waals surface area (Å²) < 4.78 is 16.6. The van der Waals surface area contributed by atoms with Crippen molar-refractivity contribution in [1.29, 1.82) is 0 Å². The molecule has 116 valence electrons. The van der Waals surface area contributed by atoms with Crippen LogP contribution in [-0.4, -0.2) is 35.3 Å². The molecule has 0 saturated carbocycles. The minimum atomic E-state index is -0.244. The summed E-state index contributed by atoms with van der Waals surface area (Å²) in [4.78, 5) is 13.9. The van der Waals surface area contributed by atoms with Crippen molar-refractivity contribution >= 4 is 28.3 Å². The van der Waals surface area contributed by atoms with Crippen LogP contribution in [0.3, 0.4) is 0 Å². The molecule has 2 N–H and O–H groups in total. The Kier molecular flexibility index (Phi) is 4.47. The van der Waals surface area contributed by atoms with Gasteiger partial charge >= 0.3 is 6.03 Å². The van der Waals surface area contributed by atoms with Crippen LogP contribution in [0.1, 0.15) is 6.42 Å². The molecular weight excluding hydrogens is 305 g/mol. The number of rotatable bonds is 4. The number of hydrogen-bond acceptors (Lipinski definition) is 5. The molecule has 0 aliphatic carbocycles. The van der Waals surface area contributed by atoms with Gasteiger partial charge in [-0.3, -0.25) is 5.32 Å². The Morgan fingerprint density at radius 3 is 2.95 bits per heavy atom.